The molecule has 0 saturated carbocycles. The molecule has 5 unspecified atom stereocenters. The van der Waals surface area contributed by atoms with Gasteiger partial charge in [0.25, 0.3) is 0 Å². The van der Waals surface area contributed by atoms with Gasteiger partial charge in [-0.3, -0.25) is 37.3 Å². The maximum Gasteiger partial charge on any atom is 0.472 e. The Balaban J connectivity index is 5.40. The number of phosphoric ester groups is 2. The molecule has 0 aliphatic carbocycles. The van der Waals surface area contributed by atoms with Crippen LogP contribution in [0.15, 0.2) is 146 Å². The Hall–Kier alpha value is -5.06. The first-order valence-corrected chi connectivity index (χ1v) is 40.1. The first kappa shape index (κ1) is 92.9. The molecule has 5 atom stereocenters. The summed E-state index contributed by atoms with van der Waals surface area (Å²) in [5.41, 5.74) is 0. The summed E-state index contributed by atoms with van der Waals surface area (Å²) in [6.07, 6.45) is 78.7. The van der Waals surface area contributed by atoms with Gasteiger partial charge < -0.3 is 33.8 Å². The van der Waals surface area contributed by atoms with E-state index in [1.807, 2.05) is 18.2 Å². The number of unbranched alkanes of at least 4 members (excludes halogenated alkanes) is 18. The van der Waals surface area contributed by atoms with Gasteiger partial charge in [-0.1, -0.05) is 251 Å². The van der Waals surface area contributed by atoms with Gasteiger partial charge in [-0.15, -0.1) is 0 Å². The van der Waals surface area contributed by atoms with Crippen molar-refractivity contribution in [3.05, 3.63) is 146 Å². The molecule has 558 valence electrons. The topological polar surface area (TPSA) is 237 Å². The molecule has 0 heterocycles. The molecule has 0 amide bonds. The van der Waals surface area contributed by atoms with Gasteiger partial charge >= 0.3 is 39.5 Å². The maximum atomic E-state index is 13.1. The minimum atomic E-state index is -4.99. The van der Waals surface area contributed by atoms with Gasteiger partial charge in [-0.05, 0) is 141 Å². The van der Waals surface area contributed by atoms with Crippen molar-refractivity contribution in [2.45, 2.75) is 290 Å². The molecular weight excluding hydrogens is 1280 g/mol. The van der Waals surface area contributed by atoms with E-state index in [0.717, 1.165) is 173 Å². The second-order valence-corrected chi connectivity index (χ2v) is 27.0. The lowest BCUT2D eigenvalue weighted by atomic mass is 10.1. The zero-order chi connectivity index (χ0) is 71.8. The average Bonchev–Trinajstić information content (AvgIpc) is 1.00. The fourth-order valence-corrected chi connectivity index (χ4v) is 10.7. The third kappa shape index (κ3) is 69.4. The number of hydrogen-bond acceptors (Lipinski definition) is 15. The molecule has 0 radical (unpaired) electrons. The lowest BCUT2D eigenvalue weighted by Gasteiger charge is -2.21. The van der Waals surface area contributed by atoms with E-state index in [1.165, 1.54) is 12.8 Å². The second-order valence-electron chi connectivity index (χ2n) is 24.1. The van der Waals surface area contributed by atoms with Gasteiger partial charge in [-0.25, -0.2) is 9.13 Å². The third-order valence-electron chi connectivity index (χ3n) is 14.8. The Morgan fingerprint density at radius 2 is 0.571 bits per heavy atom. The summed E-state index contributed by atoms with van der Waals surface area (Å²) in [7, 11) is -9.98. The Bertz CT molecular complexity index is 2430. The number of carbonyl (C=O) groups excluding carboxylic acids is 4. The van der Waals surface area contributed by atoms with Crippen molar-refractivity contribution >= 4 is 39.5 Å². The van der Waals surface area contributed by atoms with Crippen LogP contribution in [0, 0.1) is 0 Å². The Morgan fingerprint density at radius 1 is 0.296 bits per heavy atom. The molecule has 0 aromatic rings. The van der Waals surface area contributed by atoms with Crippen LogP contribution in [0.4, 0.5) is 0 Å². The fourth-order valence-electron chi connectivity index (χ4n) is 9.16. The highest BCUT2D eigenvalue weighted by atomic mass is 31.2. The molecule has 17 nitrogen and oxygen atoms in total. The summed E-state index contributed by atoms with van der Waals surface area (Å²) in [5, 5.41) is 10.6. The quantitative estimate of drug-likeness (QED) is 0.0169. The van der Waals surface area contributed by atoms with Crippen LogP contribution < -0.4 is 0 Å². The second kappa shape index (κ2) is 70.4. The molecule has 0 aromatic heterocycles. The highest BCUT2D eigenvalue weighted by molar-refractivity contribution is 7.47. The summed E-state index contributed by atoms with van der Waals surface area (Å²) >= 11 is 0. The predicted molar refractivity (Wildman–Crippen MR) is 399 cm³/mol. The number of carbonyl (C=O) groups is 4. The van der Waals surface area contributed by atoms with Crippen molar-refractivity contribution in [1.29, 1.82) is 0 Å². The van der Waals surface area contributed by atoms with Crippen molar-refractivity contribution < 1.29 is 80.2 Å². The standard InChI is InChI=1S/C79H130O17P2/c1-5-9-13-17-21-25-29-32-34-35-36-37-39-42-45-48-52-56-60-64-77(82)89-69-74(95-78(83)65-61-57-53-49-43-28-24-20-16-12-8-4)71-93-97(85,86)91-67-73(80)68-92-98(87,88)94-72-75(96-79(84)66-62-58-54-50-46-40-31-27-23-19-15-11-7-3)70-90-76(81)63-59-55-51-47-44-41-38-33-30-26-22-18-14-10-6-2/h9-10,13-15,19-22,24-27,31-34,36-38,42,45,52,56,73-75,80H,5-8,11-12,16-18,23,28-30,35,39-41,43-44,46-51,53-55,57-72H2,1-4H3,(H,85,86)(H,87,88)/b13-9-,14-10-,19-15-,24-20-,25-21-,26-22-,31-27-,34-32-,37-36-,38-33-,45-42-,56-52-. The third-order valence-corrected chi connectivity index (χ3v) is 16.7. The Kier molecular flexibility index (Phi) is 66.7. The van der Waals surface area contributed by atoms with E-state index >= 15 is 0 Å². The Labute approximate surface area is 592 Å². The molecule has 0 aromatic carbocycles. The zero-order valence-electron chi connectivity index (χ0n) is 60.7. The largest absolute Gasteiger partial charge is 0.472 e. The lowest BCUT2D eigenvalue weighted by molar-refractivity contribution is -0.161. The lowest BCUT2D eigenvalue weighted by Crippen LogP contribution is -2.30. The van der Waals surface area contributed by atoms with Gasteiger partial charge in [0, 0.05) is 25.7 Å². The number of aliphatic hydroxyl groups is 1. The normalized spacial score (nSPS) is 14.8. The van der Waals surface area contributed by atoms with E-state index in [4.69, 9.17) is 37.0 Å². The smallest absolute Gasteiger partial charge is 0.462 e. The van der Waals surface area contributed by atoms with E-state index < -0.39 is 97.5 Å². The number of hydrogen-bond donors (Lipinski definition) is 3. The SMILES string of the molecule is CC/C=C\C/C=C\C/C=C\C/C=C\C/C=C\C/C=C\CCC(=O)OCC(COP(=O)(O)OCC(O)COP(=O)(O)OCC(COC(=O)CCCCCCC/C=C\C/C=C\C/C=C\CC)OC(=O)CCCCCCC/C=C\C/C=C\CCC)OC(=O)CCCCCCC/C=C\CCCC. The molecule has 19 heteroatoms. The van der Waals surface area contributed by atoms with Crippen LogP contribution in [0.3, 0.4) is 0 Å². The highest BCUT2D eigenvalue weighted by Gasteiger charge is 2.30. The molecule has 0 spiro atoms. The summed E-state index contributed by atoms with van der Waals surface area (Å²) < 4.78 is 68.2. The van der Waals surface area contributed by atoms with Crippen molar-refractivity contribution in [3.63, 3.8) is 0 Å². The molecule has 0 aliphatic rings. The fraction of sp³-hybridized carbons (Fsp3) is 0.646. The van der Waals surface area contributed by atoms with Crippen LogP contribution in [-0.2, 0) is 65.4 Å². The summed E-state index contributed by atoms with van der Waals surface area (Å²) in [4.78, 5) is 72.7. The minimum absolute atomic E-state index is 0.0305. The number of ether oxygens (including phenoxy) is 4. The zero-order valence-corrected chi connectivity index (χ0v) is 62.4. The van der Waals surface area contributed by atoms with E-state index in [2.05, 4.69) is 155 Å². The average molecular weight is 1410 g/mol. The van der Waals surface area contributed by atoms with Gasteiger partial charge in [0.15, 0.2) is 12.2 Å². The first-order valence-electron chi connectivity index (χ1n) is 37.1. The summed E-state index contributed by atoms with van der Waals surface area (Å²) in [6, 6.07) is 0. The maximum absolute atomic E-state index is 13.1. The molecule has 0 bridgehead atoms. The van der Waals surface area contributed by atoms with E-state index in [-0.39, 0.29) is 25.7 Å². The van der Waals surface area contributed by atoms with Crippen molar-refractivity contribution in [2.75, 3.05) is 39.6 Å². The number of phosphoric acid groups is 2. The van der Waals surface area contributed by atoms with Gasteiger partial charge in [0.2, 0.25) is 0 Å². The number of esters is 4. The Morgan fingerprint density at radius 3 is 0.929 bits per heavy atom. The minimum Gasteiger partial charge on any atom is -0.462 e. The van der Waals surface area contributed by atoms with Crippen LogP contribution in [0.2, 0.25) is 0 Å². The predicted octanol–water partition coefficient (Wildman–Crippen LogP) is 21.1. The van der Waals surface area contributed by atoms with Crippen LogP contribution in [0.25, 0.3) is 0 Å². The first-order chi connectivity index (χ1) is 47.7. The van der Waals surface area contributed by atoms with Crippen LogP contribution >= 0.6 is 15.6 Å². The number of allylic oxidation sites excluding steroid dienone is 24. The molecule has 0 fully saturated rings. The van der Waals surface area contributed by atoms with Crippen LogP contribution in [0.5, 0.6) is 0 Å². The van der Waals surface area contributed by atoms with E-state index in [1.54, 1.807) is 0 Å². The van der Waals surface area contributed by atoms with Crippen molar-refractivity contribution in [3.8, 4) is 0 Å². The molecule has 3 N–H and O–H groups in total. The molecule has 0 aliphatic heterocycles. The van der Waals surface area contributed by atoms with Crippen LogP contribution in [-0.4, -0.2) is 96.7 Å². The number of aliphatic hydroxyl groups excluding tert-OH is 1. The number of rotatable bonds is 68. The van der Waals surface area contributed by atoms with E-state index in [0.29, 0.717) is 32.1 Å². The molecule has 0 saturated heterocycles. The summed E-state index contributed by atoms with van der Waals surface area (Å²) in [6.45, 7) is 4.38. The van der Waals surface area contributed by atoms with Gasteiger partial charge in [0.1, 0.15) is 19.3 Å². The molecular formula is C79H130O17P2. The van der Waals surface area contributed by atoms with Crippen molar-refractivity contribution in [1.82, 2.24) is 0 Å². The summed E-state index contributed by atoms with van der Waals surface area (Å²) in [5.74, 6) is -2.33. The van der Waals surface area contributed by atoms with E-state index in [9.17, 15) is 43.2 Å². The monoisotopic (exact) mass is 1410 g/mol. The highest BCUT2D eigenvalue weighted by Crippen LogP contribution is 2.45. The molecule has 98 heavy (non-hydrogen) atoms. The molecule has 0 rings (SSSR count). The van der Waals surface area contributed by atoms with Crippen LogP contribution in [0.1, 0.15) is 272 Å². The van der Waals surface area contributed by atoms with Crippen molar-refractivity contribution in [2.24, 2.45) is 0 Å². The van der Waals surface area contributed by atoms with Gasteiger partial charge in [0.05, 0.1) is 26.4 Å². The van der Waals surface area contributed by atoms with Gasteiger partial charge in [-0.2, -0.15) is 0 Å².